The summed E-state index contributed by atoms with van der Waals surface area (Å²) in [6.45, 7) is 5.71. The number of rotatable bonds is 3. The van der Waals surface area contributed by atoms with E-state index in [2.05, 4.69) is 16.0 Å². The SMILES string of the molecule is CC(O)C1CCN(c2ccc([C@H](C)N)nc2)C1. The van der Waals surface area contributed by atoms with Gasteiger partial charge in [0.25, 0.3) is 0 Å². The molecule has 2 unspecified atom stereocenters. The van der Waals surface area contributed by atoms with Crippen LogP contribution in [0.5, 0.6) is 0 Å². The Bertz CT molecular complexity index is 361. The number of nitrogens with zero attached hydrogens (tertiary/aromatic N) is 2. The van der Waals surface area contributed by atoms with E-state index in [1.807, 2.05) is 26.1 Å². The molecule has 0 amide bonds. The van der Waals surface area contributed by atoms with Gasteiger partial charge in [0.2, 0.25) is 0 Å². The third-order valence-corrected chi connectivity index (χ3v) is 3.51. The minimum absolute atomic E-state index is 0.0205. The highest BCUT2D eigenvalue weighted by Crippen LogP contribution is 2.25. The van der Waals surface area contributed by atoms with Gasteiger partial charge in [0.05, 0.1) is 23.7 Å². The molecule has 1 aliphatic rings. The fraction of sp³-hybridized carbons (Fsp3) is 0.615. The van der Waals surface area contributed by atoms with Crippen LogP contribution in [0.25, 0.3) is 0 Å². The molecule has 94 valence electrons. The average molecular weight is 235 g/mol. The van der Waals surface area contributed by atoms with Gasteiger partial charge in [0.15, 0.2) is 0 Å². The molecule has 17 heavy (non-hydrogen) atoms. The molecule has 2 heterocycles. The van der Waals surface area contributed by atoms with Crippen molar-refractivity contribution in [2.24, 2.45) is 11.7 Å². The molecule has 0 aromatic carbocycles. The zero-order valence-electron chi connectivity index (χ0n) is 10.5. The van der Waals surface area contributed by atoms with E-state index in [9.17, 15) is 5.11 Å². The second-order valence-corrected chi connectivity index (χ2v) is 4.97. The van der Waals surface area contributed by atoms with Crippen molar-refractivity contribution in [2.45, 2.75) is 32.4 Å². The quantitative estimate of drug-likeness (QED) is 0.829. The fourth-order valence-corrected chi connectivity index (χ4v) is 2.27. The summed E-state index contributed by atoms with van der Waals surface area (Å²) in [5, 5.41) is 9.57. The van der Waals surface area contributed by atoms with Crippen LogP contribution >= 0.6 is 0 Å². The van der Waals surface area contributed by atoms with Gasteiger partial charge in [-0.25, -0.2) is 0 Å². The van der Waals surface area contributed by atoms with E-state index in [0.717, 1.165) is 30.9 Å². The number of aromatic nitrogens is 1. The fourth-order valence-electron chi connectivity index (χ4n) is 2.27. The molecule has 0 saturated carbocycles. The van der Waals surface area contributed by atoms with E-state index < -0.39 is 0 Å². The van der Waals surface area contributed by atoms with Crippen LogP contribution in [0, 0.1) is 5.92 Å². The molecular weight excluding hydrogens is 214 g/mol. The molecule has 3 N–H and O–H groups in total. The second kappa shape index (κ2) is 5.02. The molecule has 1 aromatic heterocycles. The van der Waals surface area contributed by atoms with E-state index in [4.69, 9.17) is 5.73 Å². The molecule has 1 aromatic rings. The van der Waals surface area contributed by atoms with Crippen LogP contribution < -0.4 is 10.6 Å². The van der Waals surface area contributed by atoms with Crippen molar-refractivity contribution in [2.75, 3.05) is 18.0 Å². The van der Waals surface area contributed by atoms with Gasteiger partial charge < -0.3 is 15.7 Å². The van der Waals surface area contributed by atoms with Crippen molar-refractivity contribution in [3.63, 3.8) is 0 Å². The summed E-state index contributed by atoms with van der Waals surface area (Å²) >= 11 is 0. The lowest BCUT2D eigenvalue weighted by Gasteiger charge is -2.19. The van der Waals surface area contributed by atoms with Crippen LogP contribution in [0.4, 0.5) is 5.69 Å². The molecule has 3 atom stereocenters. The van der Waals surface area contributed by atoms with E-state index in [0.29, 0.717) is 5.92 Å². The molecule has 1 fully saturated rings. The smallest absolute Gasteiger partial charge is 0.0569 e. The van der Waals surface area contributed by atoms with Crippen LogP contribution in [0.2, 0.25) is 0 Å². The standard InChI is InChI=1S/C13H21N3O/c1-9(14)13-4-3-12(7-15-13)16-6-5-11(8-16)10(2)17/h3-4,7,9-11,17H,5-6,8,14H2,1-2H3/t9-,10?,11?/m0/s1. The summed E-state index contributed by atoms with van der Waals surface area (Å²) in [6.07, 6.45) is 2.70. The first-order valence-electron chi connectivity index (χ1n) is 6.22. The summed E-state index contributed by atoms with van der Waals surface area (Å²) in [4.78, 5) is 6.64. The Morgan fingerprint density at radius 2 is 2.24 bits per heavy atom. The summed E-state index contributed by atoms with van der Waals surface area (Å²) in [5.74, 6) is 0.378. The Morgan fingerprint density at radius 1 is 1.47 bits per heavy atom. The number of anilines is 1. The molecule has 0 aliphatic carbocycles. The number of hydrogen-bond donors (Lipinski definition) is 2. The predicted octanol–water partition coefficient (Wildman–Crippen LogP) is 1.31. The molecular formula is C13H21N3O. The Labute approximate surface area is 102 Å². The van der Waals surface area contributed by atoms with Gasteiger partial charge in [-0.2, -0.15) is 0 Å². The topological polar surface area (TPSA) is 62.4 Å². The molecule has 0 radical (unpaired) electrons. The van der Waals surface area contributed by atoms with E-state index in [-0.39, 0.29) is 12.1 Å². The van der Waals surface area contributed by atoms with E-state index >= 15 is 0 Å². The van der Waals surface area contributed by atoms with Gasteiger partial charge >= 0.3 is 0 Å². The minimum Gasteiger partial charge on any atom is -0.393 e. The van der Waals surface area contributed by atoms with Gasteiger partial charge in [-0.05, 0) is 32.4 Å². The predicted molar refractivity (Wildman–Crippen MR) is 68.8 cm³/mol. The highest BCUT2D eigenvalue weighted by Gasteiger charge is 2.26. The molecule has 1 aliphatic heterocycles. The maximum atomic E-state index is 9.57. The largest absolute Gasteiger partial charge is 0.393 e. The monoisotopic (exact) mass is 235 g/mol. The highest BCUT2D eigenvalue weighted by atomic mass is 16.3. The third kappa shape index (κ3) is 2.76. The number of hydrogen-bond acceptors (Lipinski definition) is 4. The zero-order valence-corrected chi connectivity index (χ0v) is 10.5. The van der Waals surface area contributed by atoms with Gasteiger partial charge in [0, 0.05) is 25.0 Å². The Balaban J connectivity index is 2.04. The minimum atomic E-state index is -0.226. The number of aliphatic hydroxyl groups excluding tert-OH is 1. The number of nitrogens with two attached hydrogens (primary N) is 1. The Morgan fingerprint density at radius 3 is 2.71 bits per heavy atom. The summed E-state index contributed by atoms with van der Waals surface area (Å²) < 4.78 is 0. The summed E-state index contributed by atoms with van der Waals surface area (Å²) in [6, 6.07) is 4.03. The third-order valence-electron chi connectivity index (χ3n) is 3.51. The van der Waals surface area contributed by atoms with Crippen molar-refractivity contribution >= 4 is 5.69 Å². The van der Waals surface area contributed by atoms with Crippen molar-refractivity contribution in [3.05, 3.63) is 24.0 Å². The van der Waals surface area contributed by atoms with Gasteiger partial charge in [-0.3, -0.25) is 4.98 Å². The van der Waals surface area contributed by atoms with Crippen molar-refractivity contribution in [1.82, 2.24) is 4.98 Å². The Kier molecular flexibility index (Phi) is 3.64. The van der Waals surface area contributed by atoms with Crippen molar-refractivity contribution < 1.29 is 5.11 Å². The molecule has 0 bridgehead atoms. The van der Waals surface area contributed by atoms with E-state index in [1.165, 1.54) is 0 Å². The van der Waals surface area contributed by atoms with Gasteiger partial charge in [-0.15, -0.1) is 0 Å². The van der Waals surface area contributed by atoms with Crippen molar-refractivity contribution in [3.8, 4) is 0 Å². The zero-order chi connectivity index (χ0) is 12.4. The molecule has 1 saturated heterocycles. The lowest BCUT2D eigenvalue weighted by atomic mass is 10.0. The van der Waals surface area contributed by atoms with Crippen molar-refractivity contribution in [1.29, 1.82) is 0 Å². The lowest BCUT2D eigenvalue weighted by Crippen LogP contribution is -2.24. The molecule has 4 heteroatoms. The van der Waals surface area contributed by atoms with Crippen LogP contribution in [-0.2, 0) is 0 Å². The first-order valence-corrected chi connectivity index (χ1v) is 6.22. The number of pyridine rings is 1. The normalized spacial score (nSPS) is 23.8. The maximum absolute atomic E-state index is 9.57. The average Bonchev–Trinajstić information content (AvgIpc) is 2.78. The highest BCUT2D eigenvalue weighted by molar-refractivity contribution is 5.45. The molecule has 0 spiro atoms. The van der Waals surface area contributed by atoms with Crippen LogP contribution in [-0.4, -0.2) is 29.3 Å². The maximum Gasteiger partial charge on any atom is 0.0569 e. The molecule has 4 nitrogen and oxygen atoms in total. The lowest BCUT2D eigenvalue weighted by molar-refractivity contribution is 0.136. The summed E-state index contributed by atoms with van der Waals surface area (Å²) in [5.41, 5.74) is 7.81. The van der Waals surface area contributed by atoms with Crippen LogP contribution in [0.15, 0.2) is 18.3 Å². The first kappa shape index (κ1) is 12.3. The summed E-state index contributed by atoms with van der Waals surface area (Å²) in [7, 11) is 0. The first-order chi connectivity index (χ1) is 8.08. The van der Waals surface area contributed by atoms with Crippen LogP contribution in [0.3, 0.4) is 0 Å². The second-order valence-electron chi connectivity index (χ2n) is 4.97. The van der Waals surface area contributed by atoms with Crippen LogP contribution in [0.1, 0.15) is 32.0 Å². The Hall–Kier alpha value is -1.13. The van der Waals surface area contributed by atoms with Gasteiger partial charge in [0.1, 0.15) is 0 Å². The van der Waals surface area contributed by atoms with E-state index in [1.54, 1.807) is 0 Å². The number of aliphatic hydroxyl groups is 1. The molecule has 2 rings (SSSR count). The van der Waals surface area contributed by atoms with Gasteiger partial charge in [-0.1, -0.05) is 0 Å².